The van der Waals surface area contributed by atoms with E-state index in [1.54, 1.807) is 7.05 Å². The van der Waals surface area contributed by atoms with E-state index in [0.29, 0.717) is 13.0 Å². The van der Waals surface area contributed by atoms with Gasteiger partial charge in [-0.05, 0) is 12.5 Å². The minimum absolute atomic E-state index is 0.171. The van der Waals surface area contributed by atoms with Crippen molar-refractivity contribution in [3.05, 3.63) is 29.3 Å². The number of nitrogens with one attached hydrogen (secondary N) is 1. The van der Waals surface area contributed by atoms with Gasteiger partial charge in [-0.2, -0.15) is 0 Å². The van der Waals surface area contributed by atoms with Crippen LogP contribution in [0.25, 0.3) is 0 Å². The first kappa shape index (κ1) is 13.3. The largest absolute Gasteiger partial charge is 0.398 e. The van der Waals surface area contributed by atoms with Crippen LogP contribution >= 0.6 is 0 Å². The second kappa shape index (κ2) is 4.83. The summed E-state index contributed by atoms with van der Waals surface area (Å²) in [4.78, 5) is 25.0. The first-order valence-electron chi connectivity index (χ1n) is 5.70. The number of nitrogen functional groups attached to an aromatic ring is 1. The van der Waals surface area contributed by atoms with Crippen LogP contribution in [0.5, 0.6) is 0 Å². The van der Waals surface area contributed by atoms with E-state index >= 15 is 0 Å². The standard InChI is InChI=1S/C12H13F2N3O2/c1-17-3-2-10(12(17)19)16-11(18)6-4-7(13)8(14)5-9(6)15/h4-5,10H,2-3,15H2,1H3,(H,16,18). The molecule has 1 fully saturated rings. The molecule has 0 spiro atoms. The van der Waals surface area contributed by atoms with Gasteiger partial charge in [-0.15, -0.1) is 0 Å². The molecule has 3 N–H and O–H groups in total. The first-order chi connectivity index (χ1) is 8.90. The van der Waals surface area contributed by atoms with Gasteiger partial charge in [0.15, 0.2) is 11.6 Å². The molecular weight excluding hydrogens is 256 g/mol. The quantitative estimate of drug-likeness (QED) is 0.768. The summed E-state index contributed by atoms with van der Waals surface area (Å²) in [6.07, 6.45) is 0.477. The Morgan fingerprint density at radius 2 is 2.05 bits per heavy atom. The van der Waals surface area contributed by atoms with Gasteiger partial charge < -0.3 is 16.0 Å². The lowest BCUT2D eigenvalue weighted by molar-refractivity contribution is -0.128. The highest BCUT2D eigenvalue weighted by Crippen LogP contribution is 2.18. The Balaban J connectivity index is 2.17. The van der Waals surface area contributed by atoms with Crippen LogP contribution < -0.4 is 11.1 Å². The van der Waals surface area contributed by atoms with Gasteiger partial charge >= 0.3 is 0 Å². The van der Waals surface area contributed by atoms with Crippen LogP contribution in [0.4, 0.5) is 14.5 Å². The number of nitrogens with zero attached hydrogens (tertiary/aromatic N) is 1. The molecule has 1 heterocycles. The number of likely N-dealkylation sites (tertiary alicyclic amines) is 1. The monoisotopic (exact) mass is 269 g/mol. The summed E-state index contributed by atoms with van der Waals surface area (Å²) in [7, 11) is 1.63. The van der Waals surface area contributed by atoms with Gasteiger partial charge in [0.25, 0.3) is 5.91 Å². The van der Waals surface area contributed by atoms with Gasteiger partial charge in [0, 0.05) is 25.3 Å². The van der Waals surface area contributed by atoms with Gasteiger partial charge in [0.1, 0.15) is 6.04 Å². The highest BCUT2D eigenvalue weighted by Gasteiger charge is 2.31. The summed E-state index contributed by atoms with van der Waals surface area (Å²) in [6.45, 7) is 0.539. The normalized spacial score (nSPS) is 18.8. The molecule has 1 aromatic rings. The Hall–Kier alpha value is -2.18. The van der Waals surface area contributed by atoms with Crippen molar-refractivity contribution in [2.24, 2.45) is 0 Å². The third kappa shape index (κ3) is 2.49. The van der Waals surface area contributed by atoms with Crippen molar-refractivity contribution in [1.82, 2.24) is 10.2 Å². The van der Waals surface area contributed by atoms with E-state index in [4.69, 9.17) is 5.73 Å². The van der Waals surface area contributed by atoms with Crippen molar-refractivity contribution in [2.45, 2.75) is 12.5 Å². The topological polar surface area (TPSA) is 75.4 Å². The molecule has 102 valence electrons. The van der Waals surface area contributed by atoms with Crippen molar-refractivity contribution in [3.63, 3.8) is 0 Å². The van der Waals surface area contributed by atoms with Gasteiger partial charge in [-0.1, -0.05) is 0 Å². The molecule has 0 bridgehead atoms. The Bertz CT molecular complexity index is 548. The Morgan fingerprint density at radius 3 is 2.63 bits per heavy atom. The number of amides is 2. The minimum atomic E-state index is -1.16. The number of rotatable bonds is 2. The molecular formula is C12H13F2N3O2. The Morgan fingerprint density at radius 1 is 1.42 bits per heavy atom. The molecule has 1 aliphatic heterocycles. The summed E-state index contributed by atoms with van der Waals surface area (Å²) >= 11 is 0. The number of nitrogens with two attached hydrogens (primary N) is 1. The molecule has 19 heavy (non-hydrogen) atoms. The lowest BCUT2D eigenvalue weighted by atomic mass is 10.1. The van der Waals surface area contributed by atoms with E-state index in [2.05, 4.69) is 5.32 Å². The number of hydrogen-bond donors (Lipinski definition) is 2. The predicted molar refractivity (Wildman–Crippen MR) is 64.3 cm³/mol. The predicted octanol–water partition coefficient (Wildman–Crippen LogP) is 0.508. The zero-order valence-corrected chi connectivity index (χ0v) is 10.2. The molecule has 0 aliphatic carbocycles. The van der Waals surface area contributed by atoms with Crippen molar-refractivity contribution in [2.75, 3.05) is 19.3 Å². The third-order valence-corrected chi connectivity index (χ3v) is 3.07. The molecule has 1 aliphatic rings. The molecule has 0 saturated carbocycles. The number of benzene rings is 1. The number of hydrogen-bond acceptors (Lipinski definition) is 3. The number of halogens is 2. The van der Waals surface area contributed by atoms with Crippen LogP contribution in [0.15, 0.2) is 12.1 Å². The minimum Gasteiger partial charge on any atom is -0.398 e. The number of anilines is 1. The molecule has 1 saturated heterocycles. The van der Waals surface area contributed by atoms with Crippen molar-refractivity contribution in [1.29, 1.82) is 0 Å². The van der Waals surface area contributed by atoms with Crippen molar-refractivity contribution < 1.29 is 18.4 Å². The molecule has 0 radical (unpaired) electrons. The molecule has 1 atom stereocenters. The summed E-state index contributed by atoms with van der Waals surface area (Å²) in [6, 6.07) is 0.820. The van der Waals surface area contributed by atoms with Crippen LogP contribution in [0.2, 0.25) is 0 Å². The molecule has 2 amide bonds. The summed E-state index contributed by atoms with van der Waals surface area (Å²) in [5.74, 6) is -3.18. The fraction of sp³-hybridized carbons (Fsp3) is 0.333. The molecule has 2 rings (SSSR count). The highest BCUT2D eigenvalue weighted by atomic mass is 19.2. The van der Waals surface area contributed by atoms with E-state index in [1.807, 2.05) is 0 Å². The molecule has 5 nitrogen and oxygen atoms in total. The van der Waals surface area contributed by atoms with Crippen molar-refractivity contribution >= 4 is 17.5 Å². The van der Waals surface area contributed by atoms with Crippen LogP contribution in [-0.4, -0.2) is 36.3 Å². The second-order valence-corrected chi connectivity index (χ2v) is 4.43. The molecule has 1 unspecified atom stereocenters. The van der Waals surface area contributed by atoms with E-state index in [1.165, 1.54) is 4.90 Å². The Kier molecular flexibility index (Phi) is 3.37. The third-order valence-electron chi connectivity index (χ3n) is 3.07. The van der Waals surface area contributed by atoms with E-state index in [9.17, 15) is 18.4 Å². The average Bonchev–Trinajstić information content (AvgIpc) is 2.65. The summed E-state index contributed by atoms with van der Waals surface area (Å²) in [5, 5.41) is 2.46. The first-order valence-corrected chi connectivity index (χ1v) is 5.70. The van der Waals surface area contributed by atoms with E-state index in [-0.39, 0.29) is 17.2 Å². The number of carbonyl (C=O) groups is 2. The van der Waals surface area contributed by atoms with Gasteiger partial charge in [0.2, 0.25) is 5.91 Å². The fourth-order valence-corrected chi connectivity index (χ4v) is 1.95. The average molecular weight is 269 g/mol. The number of likely N-dealkylation sites (N-methyl/N-ethyl adjacent to an activating group) is 1. The van der Waals surface area contributed by atoms with Gasteiger partial charge in [-0.3, -0.25) is 9.59 Å². The van der Waals surface area contributed by atoms with Crippen molar-refractivity contribution in [3.8, 4) is 0 Å². The fourth-order valence-electron chi connectivity index (χ4n) is 1.95. The van der Waals surface area contributed by atoms with E-state index < -0.39 is 23.6 Å². The molecule has 1 aromatic carbocycles. The summed E-state index contributed by atoms with van der Waals surface area (Å²) < 4.78 is 26.0. The molecule has 0 aromatic heterocycles. The highest BCUT2D eigenvalue weighted by molar-refractivity contribution is 6.01. The van der Waals surface area contributed by atoms with Crippen LogP contribution in [-0.2, 0) is 4.79 Å². The van der Waals surface area contributed by atoms with Crippen LogP contribution in [0, 0.1) is 11.6 Å². The van der Waals surface area contributed by atoms with Crippen LogP contribution in [0.1, 0.15) is 16.8 Å². The second-order valence-electron chi connectivity index (χ2n) is 4.43. The van der Waals surface area contributed by atoms with Crippen LogP contribution in [0.3, 0.4) is 0 Å². The maximum absolute atomic E-state index is 13.1. The van der Waals surface area contributed by atoms with Gasteiger partial charge in [-0.25, -0.2) is 8.78 Å². The molecule has 7 heteroatoms. The number of carbonyl (C=O) groups excluding carboxylic acids is 2. The lowest BCUT2D eigenvalue weighted by Crippen LogP contribution is -2.40. The Labute approximate surface area is 108 Å². The zero-order valence-electron chi connectivity index (χ0n) is 10.2. The zero-order chi connectivity index (χ0) is 14.2. The SMILES string of the molecule is CN1CCC(NC(=O)c2cc(F)c(F)cc2N)C1=O. The van der Waals surface area contributed by atoms with Gasteiger partial charge in [0.05, 0.1) is 5.56 Å². The smallest absolute Gasteiger partial charge is 0.254 e. The summed E-state index contributed by atoms with van der Waals surface area (Å²) in [5.41, 5.74) is 5.11. The van der Waals surface area contributed by atoms with E-state index in [0.717, 1.165) is 12.1 Å². The maximum atomic E-state index is 13.1. The lowest BCUT2D eigenvalue weighted by Gasteiger charge is -2.13. The maximum Gasteiger partial charge on any atom is 0.254 e.